The molecule has 0 aliphatic rings. The summed E-state index contributed by atoms with van der Waals surface area (Å²) in [5, 5.41) is 11.4. The molecular formula is C52H111N7O2. The molecule has 10 N–H and O–H groups in total. The standard InChI is InChI=1S/C10H21N.C9H17N.C6H13N.C6H12.C5H11NO.C5H9N.2C3H7N.C3H6O.2CH4/c1-7(2)6-9(5)10(11)8(3)4;1-5-9(10)8(4)6-7(2)3;1-4-5-7-6(2)3;1-4-5-6(2)3;1-4-6-5(2,3)7;1-4-6-5(2)3;2*1-2-3-4;1-3(2)4;;/h6,8-10H,11H2,1-5H3;5-6,8-9H,1,10H2,2-4H3;4-5H2,1-3H3;5H,4H2,1-3H3;4,6-7H,1H2,2-3H3;4H,1H2,2-3H3;2*2H,1,3-4H2;1-2H3;2*1H4. The van der Waals surface area contributed by atoms with E-state index in [4.69, 9.17) is 28.0 Å². The van der Waals surface area contributed by atoms with Crippen molar-refractivity contribution >= 4 is 17.2 Å². The minimum atomic E-state index is -0.818. The van der Waals surface area contributed by atoms with Gasteiger partial charge in [0.15, 0.2) is 0 Å². The topological polar surface area (TPSA) is 178 Å². The summed E-state index contributed by atoms with van der Waals surface area (Å²) in [6.07, 6.45) is 17.0. The van der Waals surface area contributed by atoms with Crippen LogP contribution >= 0.6 is 0 Å². The third kappa shape index (κ3) is 141. The van der Waals surface area contributed by atoms with Crippen LogP contribution in [0.25, 0.3) is 0 Å². The number of nitrogens with zero attached hydrogens (tertiary/aromatic N) is 2. The highest BCUT2D eigenvalue weighted by molar-refractivity contribution is 5.79. The van der Waals surface area contributed by atoms with Crippen molar-refractivity contribution in [1.82, 2.24) is 5.32 Å². The number of nitrogens with one attached hydrogen (secondary N) is 1. The molecule has 0 spiro atoms. The molecule has 366 valence electrons. The predicted molar refractivity (Wildman–Crippen MR) is 289 cm³/mol. The lowest BCUT2D eigenvalue weighted by Gasteiger charge is -2.20. The molecule has 0 saturated carbocycles. The smallest absolute Gasteiger partial charge is 0.129 e. The van der Waals surface area contributed by atoms with E-state index in [-0.39, 0.29) is 26.7 Å². The van der Waals surface area contributed by atoms with Gasteiger partial charge in [0.05, 0.1) is 0 Å². The van der Waals surface area contributed by atoms with Crippen molar-refractivity contribution in [2.75, 3.05) is 19.6 Å². The van der Waals surface area contributed by atoms with Gasteiger partial charge >= 0.3 is 0 Å². The minimum Gasteiger partial charge on any atom is -0.372 e. The first-order chi connectivity index (χ1) is 27.0. The fourth-order valence-electron chi connectivity index (χ4n) is 3.27. The molecule has 0 saturated heterocycles. The number of carbonyl (C=O) groups is 1. The Morgan fingerprint density at radius 3 is 1.18 bits per heavy atom. The monoisotopic (exact) mass is 866 g/mol. The van der Waals surface area contributed by atoms with Crippen LogP contribution in [-0.4, -0.2) is 59.8 Å². The van der Waals surface area contributed by atoms with E-state index in [0.29, 0.717) is 36.9 Å². The number of rotatable bonds is 14. The summed E-state index contributed by atoms with van der Waals surface area (Å²) < 4.78 is 0. The number of aliphatic hydroxyl groups is 1. The number of aliphatic imine (C=N–C) groups is 2. The van der Waals surface area contributed by atoms with E-state index in [0.717, 1.165) is 18.7 Å². The number of carbonyl (C=O) groups excluding carboxylic acids is 1. The van der Waals surface area contributed by atoms with Crippen molar-refractivity contribution in [2.24, 2.45) is 50.7 Å². The summed E-state index contributed by atoms with van der Waals surface area (Å²) in [6.45, 7) is 59.0. The molecule has 0 aromatic heterocycles. The van der Waals surface area contributed by atoms with Crippen molar-refractivity contribution in [2.45, 2.75) is 184 Å². The first-order valence-corrected chi connectivity index (χ1v) is 20.8. The molecule has 0 aromatic carbocycles. The molecule has 0 rings (SSSR count). The van der Waals surface area contributed by atoms with Crippen molar-refractivity contribution in [1.29, 1.82) is 0 Å². The van der Waals surface area contributed by atoms with Crippen LogP contribution in [0.3, 0.4) is 0 Å². The Hall–Kier alpha value is -3.47. The van der Waals surface area contributed by atoms with Crippen LogP contribution in [0.1, 0.15) is 166 Å². The summed E-state index contributed by atoms with van der Waals surface area (Å²) >= 11 is 0. The molecule has 0 aliphatic carbocycles. The quantitative estimate of drug-likeness (QED) is 0.0571. The SMILES string of the molecule is C.C.C=CC(N)C(C)C=C(C)C.C=CCN.C=CCN.C=CN=C(C)C.C=CNC(C)(C)O.CC(C)=CC(C)C(N)C(C)C.CC(C)=O.CCC=C(C)C.CCCN=C(C)C. The molecular weight excluding hydrogens is 755 g/mol. The fourth-order valence-corrected chi connectivity index (χ4v) is 3.27. The number of Topliss-reactive ketones (excluding diaryl/α,β-unsaturated/α-hetero) is 1. The molecule has 0 amide bonds. The van der Waals surface area contributed by atoms with Gasteiger partial charge in [0.25, 0.3) is 0 Å². The molecule has 0 heterocycles. The van der Waals surface area contributed by atoms with Crippen molar-refractivity contribution in [3.05, 3.63) is 98.5 Å². The molecule has 9 nitrogen and oxygen atoms in total. The van der Waals surface area contributed by atoms with E-state index < -0.39 is 5.72 Å². The van der Waals surface area contributed by atoms with Crippen LogP contribution in [0.4, 0.5) is 0 Å². The Bertz CT molecular complexity index is 1090. The van der Waals surface area contributed by atoms with Gasteiger partial charge in [-0.05, 0) is 134 Å². The Labute approximate surface area is 384 Å². The number of ketones is 1. The summed E-state index contributed by atoms with van der Waals surface area (Å²) in [7, 11) is 0. The van der Waals surface area contributed by atoms with E-state index in [9.17, 15) is 4.79 Å². The number of hydrogen-bond donors (Lipinski definition) is 6. The second-order valence-electron chi connectivity index (χ2n) is 15.5. The maximum absolute atomic E-state index is 9.44. The van der Waals surface area contributed by atoms with Crippen LogP contribution < -0.4 is 28.3 Å². The molecule has 0 aromatic rings. The van der Waals surface area contributed by atoms with Gasteiger partial charge in [-0.2, -0.15) is 0 Å². The summed E-state index contributed by atoms with van der Waals surface area (Å²) in [4.78, 5) is 17.4. The summed E-state index contributed by atoms with van der Waals surface area (Å²) in [6, 6.07) is 0.389. The summed E-state index contributed by atoms with van der Waals surface area (Å²) in [5.74, 6) is 1.64. The van der Waals surface area contributed by atoms with Gasteiger partial charge in [-0.3, -0.25) is 9.98 Å². The normalized spacial score (nSPS) is 10.4. The zero-order chi connectivity index (χ0) is 49.2. The van der Waals surface area contributed by atoms with Crippen LogP contribution in [-0.2, 0) is 4.79 Å². The average molecular weight is 867 g/mol. The van der Waals surface area contributed by atoms with Crippen LogP contribution in [0.5, 0.6) is 0 Å². The maximum Gasteiger partial charge on any atom is 0.129 e. The van der Waals surface area contributed by atoms with Crippen molar-refractivity contribution in [3.63, 3.8) is 0 Å². The first kappa shape index (κ1) is 84.9. The van der Waals surface area contributed by atoms with Gasteiger partial charge < -0.3 is 38.2 Å². The first-order valence-electron chi connectivity index (χ1n) is 20.8. The Morgan fingerprint density at radius 1 is 0.705 bits per heavy atom. The molecule has 9 heteroatoms. The van der Waals surface area contributed by atoms with Gasteiger partial charge in [0, 0.05) is 49.3 Å². The van der Waals surface area contributed by atoms with Gasteiger partial charge in [0.2, 0.25) is 0 Å². The largest absolute Gasteiger partial charge is 0.372 e. The third-order valence-electron chi connectivity index (χ3n) is 5.85. The fraction of sp³-hybridized carbons (Fsp3) is 0.635. The lowest BCUT2D eigenvalue weighted by molar-refractivity contribution is -0.115. The van der Waals surface area contributed by atoms with E-state index in [2.05, 4.69) is 150 Å². The van der Waals surface area contributed by atoms with E-state index in [1.54, 1.807) is 32.1 Å². The van der Waals surface area contributed by atoms with E-state index in [1.165, 1.54) is 55.1 Å². The molecule has 0 bridgehead atoms. The molecule has 0 radical (unpaired) electrons. The zero-order valence-electron chi connectivity index (χ0n) is 42.6. The predicted octanol–water partition coefficient (Wildman–Crippen LogP) is 13.1. The molecule has 0 aliphatic heterocycles. The summed E-state index contributed by atoms with van der Waals surface area (Å²) in [5.41, 5.74) is 27.0. The number of allylic oxidation sites excluding steroid dienone is 4. The van der Waals surface area contributed by atoms with Gasteiger partial charge in [0.1, 0.15) is 11.5 Å². The zero-order valence-corrected chi connectivity index (χ0v) is 42.6. The van der Waals surface area contributed by atoms with Crippen LogP contribution in [0.15, 0.2) is 108 Å². The van der Waals surface area contributed by atoms with Gasteiger partial charge in [-0.15, -0.1) is 19.7 Å². The number of hydrogen-bond acceptors (Lipinski definition) is 9. The third-order valence-corrected chi connectivity index (χ3v) is 5.85. The van der Waals surface area contributed by atoms with Crippen molar-refractivity contribution < 1.29 is 9.90 Å². The Morgan fingerprint density at radius 2 is 1.07 bits per heavy atom. The average Bonchev–Trinajstić information content (AvgIpc) is 3.10. The second kappa shape index (κ2) is 65.6. The van der Waals surface area contributed by atoms with Gasteiger partial charge in [-0.1, -0.05) is 123 Å². The highest BCUT2D eigenvalue weighted by Gasteiger charge is 2.13. The highest BCUT2D eigenvalue weighted by Crippen LogP contribution is 2.12. The second-order valence-corrected chi connectivity index (χ2v) is 15.5. The lowest BCUT2D eigenvalue weighted by Crippen LogP contribution is -2.34. The van der Waals surface area contributed by atoms with Crippen LogP contribution in [0, 0.1) is 17.8 Å². The molecule has 61 heavy (non-hydrogen) atoms. The maximum atomic E-state index is 9.44. The van der Waals surface area contributed by atoms with Gasteiger partial charge in [-0.25, -0.2) is 0 Å². The molecule has 4 atom stereocenters. The highest BCUT2D eigenvalue weighted by atomic mass is 16.3. The van der Waals surface area contributed by atoms with Crippen molar-refractivity contribution in [3.8, 4) is 0 Å². The Kier molecular flexibility index (Phi) is 91.4. The Balaban J connectivity index is -0.0000000521. The lowest BCUT2D eigenvalue weighted by atomic mass is 9.91. The molecule has 0 fully saturated rings. The van der Waals surface area contributed by atoms with Crippen LogP contribution in [0.2, 0.25) is 0 Å². The van der Waals surface area contributed by atoms with E-state index in [1.807, 2.05) is 27.7 Å². The van der Waals surface area contributed by atoms with E-state index >= 15 is 0 Å². The minimum absolute atomic E-state index is 0. The molecule has 4 unspecified atom stereocenters. The number of nitrogens with two attached hydrogens (primary N) is 4.